The normalized spacial score (nSPS) is 14.1. The van der Waals surface area contributed by atoms with Gasteiger partial charge in [-0.3, -0.25) is 14.2 Å². The van der Waals surface area contributed by atoms with Crippen LogP contribution in [0.2, 0.25) is 0 Å². The molecule has 2 atom stereocenters. The molecule has 104 heavy (non-hydrogen) atoms. The minimum absolute atomic E-state index is 0.0433. The highest BCUT2D eigenvalue weighted by Gasteiger charge is 2.22. The van der Waals surface area contributed by atoms with Crippen LogP contribution >= 0.6 is 7.82 Å². The zero-order valence-electron chi connectivity index (χ0n) is 67.1. The van der Waals surface area contributed by atoms with Crippen molar-refractivity contribution in [2.75, 3.05) is 47.5 Å². The zero-order valence-corrected chi connectivity index (χ0v) is 68.0. The van der Waals surface area contributed by atoms with Crippen molar-refractivity contribution in [1.82, 2.24) is 0 Å². The second-order valence-electron chi connectivity index (χ2n) is 28.4. The summed E-state index contributed by atoms with van der Waals surface area (Å²) in [6.07, 6.45) is 128. The highest BCUT2D eigenvalue weighted by Crippen LogP contribution is 2.38. The summed E-state index contributed by atoms with van der Waals surface area (Å²) in [5, 5.41) is 0. The first-order valence-electron chi connectivity index (χ1n) is 41.8. The molecule has 0 bridgehead atoms. The van der Waals surface area contributed by atoms with E-state index in [1.165, 1.54) is 128 Å². The lowest BCUT2D eigenvalue weighted by molar-refractivity contribution is -0.870. The van der Waals surface area contributed by atoms with Crippen molar-refractivity contribution in [1.29, 1.82) is 0 Å². The van der Waals surface area contributed by atoms with Gasteiger partial charge in [-0.15, -0.1) is 0 Å². The minimum Gasteiger partial charge on any atom is -0.756 e. The summed E-state index contributed by atoms with van der Waals surface area (Å²) in [6.45, 7) is 3.99. The highest BCUT2D eigenvalue weighted by atomic mass is 31.2. The lowest BCUT2D eigenvalue weighted by Crippen LogP contribution is -2.37. The van der Waals surface area contributed by atoms with E-state index in [2.05, 4.69) is 220 Å². The van der Waals surface area contributed by atoms with Gasteiger partial charge in [-0.1, -0.05) is 368 Å². The summed E-state index contributed by atoms with van der Waals surface area (Å²) in [4.78, 5) is 38.2. The molecule has 0 aliphatic carbocycles. The number of phosphoric acid groups is 1. The van der Waals surface area contributed by atoms with Gasteiger partial charge in [0.1, 0.15) is 19.8 Å². The van der Waals surface area contributed by atoms with Crippen LogP contribution in [0.1, 0.15) is 322 Å². The third-order valence-corrected chi connectivity index (χ3v) is 18.3. The number of ether oxygens (including phenoxy) is 2. The van der Waals surface area contributed by atoms with Crippen LogP contribution in [0.25, 0.3) is 0 Å². The number of quaternary nitrogens is 1. The van der Waals surface area contributed by atoms with E-state index in [1.54, 1.807) is 0 Å². The molecule has 0 N–H and O–H groups in total. The molecule has 0 aromatic carbocycles. The van der Waals surface area contributed by atoms with Crippen LogP contribution in [0, 0.1) is 0 Å². The maximum Gasteiger partial charge on any atom is 0.306 e. The van der Waals surface area contributed by atoms with E-state index in [9.17, 15) is 19.0 Å². The van der Waals surface area contributed by atoms with Crippen LogP contribution in [0.5, 0.6) is 0 Å². The third-order valence-electron chi connectivity index (χ3n) is 17.3. The molecule has 0 spiro atoms. The third kappa shape index (κ3) is 85.5. The smallest absolute Gasteiger partial charge is 0.306 e. The Hall–Kier alpha value is -5.41. The number of esters is 2. The van der Waals surface area contributed by atoms with E-state index in [0.29, 0.717) is 17.4 Å². The topological polar surface area (TPSA) is 111 Å². The first kappa shape index (κ1) is 98.6. The number of hydrogen-bond donors (Lipinski definition) is 0. The van der Waals surface area contributed by atoms with Crippen LogP contribution in [-0.4, -0.2) is 70.0 Å². The molecule has 0 saturated carbocycles. The molecular weight excluding hydrogens is 1300 g/mol. The first-order valence-corrected chi connectivity index (χ1v) is 43.3. The predicted octanol–water partition coefficient (Wildman–Crippen LogP) is 27.9. The largest absolute Gasteiger partial charge is 0.756 e. The molecule has 0 amide bonds. The Bertz CT molecular complexity index is 2520. The number of hydrogen-bond acceptors (Lipinski definition) is 8. The number of likely N-dealkylation sites (N-methyl/N-ethyl adjacent to an activating group) is 1. The van der Waals surface area contributed by atoms with Crippen LogP contribution in [0.15, 0.2) is 207 Å². The van der Waals surface area contributed by atoms with E-state index in [1.807, 2.05) is 21.1 Å². The van der Waals surface area contributed by atoms with Crippen molar-refractivity contribution in [3.8, 4) is 0 Å². The van der Waals surface area contributed by atoms with E-state index < -0.39 is 32.5 Å². The van der Waals surface area contributed by atoms with Gasteiger partial charge in [0, 0.05) is 12.8 Å². The Kier molecular flexibility index (Phi) is 77.4. The summed E-state index contributed by atoms with van der Waals surface area (Å²) in [7, 11) is 1.14. The number of rotatable bonds is 75. The van der Waals surface area contributed by atoms with Gasteiger partial charge in [0.2, 0.25) is 0 Å². The van der Waals surface area contributed by atoms with Crippen LogP contribution < -0.4 is 4.89 Å². The fourth-order valence-corrected chi connectivity index (χ4v) is 11.7. The van der Waals surface area contributed by atoms with Crippen molar-refractivity contribution >= 4 is 19.8 Å². The van der Waals surface area contributed by atoms with Gasteiger partial charge >= 0.3 is 11.9 Å². The van der Waals surface area contributed by atoms with Gasteiger partial charge in [0.05, 0.1) is 27.7 Å². The Balaban J connectivity index is 4.04. The molecule has 0 aromatic rings. The zero-order chi connectivity index (χ0) is 75.4. The lowest BCUT2D eigenvalue weighted by atomic mass is 10.0. The van der Waals surface area contributed by atoms with Crippen molar-refractivity contribution in [3.05, 3.63) is 207 Å². The Morgan fingerprint density at radius 2 is 0.519 bits per heavy atom. The number of unbranched alkanes of at least 4 members (excludes halogenated alkanes) is 27. The second-order valence-corrected chi connectivity index (χ2v) is 29.8. The standard InChI is InChI=1S/C94H154NO8P/c1-6-8-10-12-14-16-18-20-22-24-26-28-30-32-34-36-38-40-42-44-46-47-49-50-52-54-56-58-60-62-64-66-68-70-72-74-76-78-80-82-84-86-93(96)100-90-92(91-102-104(98,99)101-89-88-95(3,4)5)103-94(97)87-85-83-81-79-77-75-73-71-69-67-65-63-61-59-57-55-53-51-48-45-43-41-39-37-35-33-31-29-27-25-23-21-19-17-15-13-11-9-7-2/h8-11,14-17,20-23,26-29,32-35,38-41,45,48,53,55,59,61,65,67,71,73,92H,6-7,12-13,18-19,24-25,30-31,36-37,42-44,46-47,49-52,54,56-58,60,62-64,66,68-70,72,74-91H2,1-5H3/b10-8-,11-9-,16-14-,17-15-,22-20-,23-21-,28-26-,29-27-,34-32-,35-33-,40-38-,41-39-,48-45-,55-53-,61-59-,67-65-,73-71-. The molecule has 0 rings (SSSR count). The van der Waals surface area contributed by atoms with Crippen LogP contribution in [-0.2, 0) is 32.7 Å². The molecule has 0 heterocycles. The van der Waals surface area contributed by atoms with Gasteiger partial charge < -0.3 is 27.9 Å². The average Bonchev–Trinajstić information content (AvgIpc) is 0.915. The Morgan fingerprint density at radius 1 is 0.298 bits per heavy atom. The Labute approximate surface area is 640 Å². The highest BCUT2D eigenvalue weighted by molar-refractivity contribution is 7.45. The monoisotopic (exact) mass is 1460 g/mol. The van der Waals surface area contributed by atoms with Gasteiger partial charge in [-0.05, 0) is 148 Å². The summed E-state index contributed by atoms with van der Waals surface area (Å²) in [6, 6.07) is 0. The maximum atomic E-state index is 12.9. The number of allylic oxidation sites excluding steroid dienone is 34. The fraction of sp³-hybridized carbons (Fsp3) is 0.617. The summed E-state index contributed by atoms with van der Waals surface area (Å²) < 4.78 is 34.4. The Morgan fingerprint density at radius 3 is 0.769 bits per heavy atom. The van der Waals surface area contributed by atoms with Gasteiger partial charge in [-0.2, -0.15) is 0 Å². The lowest BCUT2D eigenvalue weighted by Gasteiger charge is -2.28. The molecular formula is C94H154NO8P. The quantitative estimate of drug-likeness (QED) is 0.0195. The van der Waals surface area contributed by atoms with Gasteiger partial charge in [0.25, 0.3) is 7.82 Å². The number of phosphoric ester groups is 1. The molecule has 0 saturated heterocycles. The average molecular weight is 1460 g/mol. The molecule has 0 radical (unpaired) electrons. The van der Waals surface area contributed by atoms with E-state index in [0.717, 1.165) is 161 Å². The van der Waals surface area contributed by atoms with Gasteiger partial charge in [-0.25, -0.2) is 0 Å². The molecule has 9 nitrogen and oxygen atoms in total. The van der Waals surface area contributed by atoms with Crippen LogP contribution in [0.4, 0.5) is 0 Å². The van der Waals surface area contributed by atoms with E-state index in [4.69, 9.17) is 18.5 Å². The number of carbonyl (C=O) groups is 2. The van der Waals surface area contributed by atoms with E-state index in [-0.39, 0.29) is 26.1 Å². The SMILES string of the molecule is CC/C=C\C/C=C\C/C=C\C/C=C\C/C=C\C/C=C\C/C=C\C/C=C\C/C=C\C/C=C\C/C=C\CCCCCCCC(=O)OC(COC(=O)CCCCCCCCCCCCCCCCCCCCCCCC/C=C\C/C=C\C/C=C\C/C=C\C/C=C\C/C=C\CC)COP(=O)([O-])OCC[N+](C)(C)C. The predicted molar refractivity (Wildman–Crippen MR) is 452 cm³/mol. The molecule has 0 aliphatic rings. The molecule has 588 valence electrons. The summed E-state index contributed by atoms with van der Waals surface area (Å²) in [5.74, 6) is -0.858. The van der Waals surface area contributed by atoms with Crippen molar-refractivity contribution in [2.45, 2.75) is 328 Å². The van der Waals surface area contributed by atoms with Crippen molar-refractivity contribution in [3.63, 3.8) is 0 Å². The van der Waals surface area contributed by atoms with Crippen molar-refractivity contribution < 1.29 is 42.1 Å². The number of carbonyl (C=O) groups excluding carboxylic acids is 2. The first-order chi connectivity index (χ1) is 51.0. The molecule has 0 aromatic heterocycles. The van der Waals surface area contributed by atoms with Crippen molar-refractivity contribution in [2.24, 2.45) is 0 Å². The van der Waals surface area contributed by atoms with Gasteiger partial charge in [0.15, 0.2) is 6.10 Å². The summed E-state index contributed by atoms with van der Waals surface area (Å²) in [5.41, 5.74) is 0. The molecule has 0 aliphatic heterocycles. The fourth-order valence-electron chi connectivity index (χ4n) is 11.0. The second kappa shape index (κ2) is 81.7. The maximum absolute atomic E-state index is 12.9. The molecule has 0 fully saturated rings. The molecule has 2 unspecified atom stereocenters. The van der Waals surface area contributed by atoms with Crippen LogP contribution in [0.3, 0.4) is 0 Å². The summed E-state index contributed by atoms with van der Waals surface area (Å²) >= 11 is 0. The minimum atomic E-state index is -4.67. The van der Waals surface area contributed by atoms with E-state index >= 15 is 0 Å². The molecule has 10 heteroatoms. The number of nitrogens with zero attached hydrogens (tertiary/aromatic N) is 1.